The predicted octanol–water partition coefficient (Wildman–Crippen LogP) is 11.5. The van der Waals surface area contributed by atoms with Crippen LogP contribution in [0.5, 0.6) is 0 Å². The molecule has 0 aliphatic carbocycles. The molecule has 6 nitrogen and oxygen atoms in total. The minimum absolute atomic E-state index is 0.0634. The number of aryl methyl sites for hydroxylation is 1. The molecule has 67 heavy (non-hydrogen) atoms. The largest absolute Gasteiger partial charge is 0.488 e. The van der Waals surface area contributed by atoms with Crippen LogP contribution in [0.3, 0.4) is 0 Å². The van der Waals surface area contributed by atoms with E-state index in [1.54, 1.807) is 24.3 Å². The van der Waals surface area contributed by atoms with Crippen molar-refractivity contribution in [3.05, 3.63) is 217 Å². The average Bonchev–Trinajstić information content (AvgIpc) is 3.86. The van der Waals surface area contributed by atoms with Gasteiger partial charge in [-0.25, -0.2) is 0 Å². The highest BCUT2D eigenvalue weighted by molar-refractivity contribution is 6.59. The van der Waals surface area contributed by atoms with Crippen LogP contribution >= 0.6 is 0 Å². The molecule has 2 aromatic heterocycles. The minimum Gasteiger partial charge on any atom is -0.423 e. The zero-order valence-corrected chi connectivity index (χ0v) is 38.0. The highest BCUT2D eigenvalue weighted by Crippen LogP contribution is 2.39. The Balaban J connectivity index is 0.000000157. The fourth-order valence-corrected chi connectivity index (χ4v) is 9.28. The van der Waals surface area contributed by atoms with Gasteiger partial charge in [0.2, 0.25) is 0 Å². The zero-order valence-electron chi connectivity index (χ0n) is 38.0. The first-order chi connectivity index (χ1) is 32.4. The molecule has 0 spiro atoms. The predicted molar refractivity (Wildman–Crippen MR) is 281 cm³/mol. The first-order valence-electron chi connectivity index (χ1n) is 22.7. The average molecular weight is 873 g/mol. The van der Waals surface area contributed by atoms with Crippen LogP contribution < -0.4 is 10.9 Å². The molecule has 0 unspecified atom stereocenters. The van der Waals surface area contributed by atoms with Crippen molar-refractivity contribution in [1.29, 1.82) is 0 Å². The molecule has 11 rings (SSSR count). The van der Waals surface area contributed by atoms with Gasteiger partial charge in [0.1, 0.15) is 0 Å². The lowest BCUT2D eigenvalue weighted by Gasteiger charge is -2.19. The summed E-state index contributed by atoms with van der Waals surface area (Å²) >= 11 is 0. The van der Waals surface area contributed by atoms with E-state index in [9.17, 15) is 20.1 Å². The van der Waals surface area contributed by atoms with Gasteiger partial charge in [-0.2, -0.15) is 0 Å². The van der Waals surface area contributed by atoms with Gasteiger partial charge >= 0.3 is 14.2 Å². The Morgan fingerprint density at radius 3 is 1.09 bits per heavy atom. The van der Waals surface area contributed by atoms with Crippen molar-refractivity contribution in [3.8, 4) is 44.8 Å². The summed E-state index contributed by atoms with van der Waals surface area (Å²) in [5.41, 5.74) is 17.2. The van der Waals surface area contributed by atoms with Crippen molar-refractivity contribution in [2.45, 2.75) is 33.1 Å². The van der Waals surface area contributed by atoms with Gasteiger partial charge in [0.15, 0.2) is 0 Å². The molecule has 11 aromatic rings. The first kappa shape index (κ1) is 43.4. The number of hydrogen-bond donors (Lipinski definition) is 4. The van der Waals surface area contributed by atoms with Crippen molar-refractivity contribution in [2.24, 2.45) is 0 Å². The van der Waals surface area contributed by atoms with E-state index in [4.69, 9.17) is 0 Å². The molecule has 0 bridgehead atoms. The van der Waals surface area contributed by atoms with E-state index in [1.165, 1.54) is 60.3 Å². The molecule has 0 fully saturated rings. The second kappa shape index (κ2) is 17.7. The van der Waals surface area contributed by atoms with Gasteiger partial charge in [0.05, 0.1) is 22.1 Å². The molecular weight excluding hydrogens is 822 g/mol. The molecule has 9 aromatic carbocycles. The van der Waals surface area contributed by atoms with Crippen molar-refractivity contribution in [1.82, 2.24) is 9.13 Å². The number of fused-ring (bicyclic) bond motifs is 6. The lowest BCUT2D eigenvalue weighted by atomic mass is 9.80. The van der Waals surface area contributed by atoms with Gasteiger partial charge in [-0.15, -0.1) is 0 Å². The Morgan fingerprint density at radius 1 is 0.343 bits per heavy atom. The summed E-state index contributed by atoms with van der Waals surface area (Å²) in [5.74, 6) is 0. The summed E-state index contributed by atoms with van der Waals surface area (Å²) in [4.78, 5) is 0. The summed E-state index contributed by atoms with van der Waals surface area (Å²) in [5, 5.41) is 42.5. The third kappa shape index (κ3) is 8.48. The highest BCUT2D eigenvalue weighted by atomic mass is 16.4. The second-order valence-corrected chi connectivity index (χ2v) is 18.4. The Labute approximate surface area is 391 Å². The van der Waals surface area contributed by atoms with Gasteiger partial charge in [0, 0.05) is 32.9 Å². The van der Waals surface area contributed by atoms with E-state index in [2.05, 4.69) is 182 Å². The minimum atomic E-state index is -1.46. The van der Waals surface area contributed by atoms with Crippen LogP contribution in [0, 0.1) is 6.92 Å². The fourth-order valence-electron chi connectivity index (χ4n) is 9.28. The van der Waals surface area contributed by atoms with Crippen LogP contribution in [0.2, 0.25) is 0 Å². The quantitative estimate of drug-likeness (QED) is 0.120. The van der Waals surface area contributed by atoms with Gasteiger partial charge in [0.25, 0.3) is 0 Å². The molecule has 0 aliphatic heterocycles. The van der Waals surface area contributed by atoms with Gasteiger partial charge in [-0.3, -0.25) is 0 Å². The summed E-state index contributed by atoms with van der Waals surface area (Å²) < 4.78 is 4.64. The SMILES string of the molecule is CC(C)(C)c1ccc2c(c1)c1cc(-c3ccc(B(O)O)cc3)ccc1n2-c1ccccc1.Cc1cccc(-c2ccc3c(c2)c2cc(-c4ccc(B(O)O)cc4)ccc2n3-c2ccccc2)c1. The molecule has 8 heteroatoms. The lowest BCUT2D eigenvalue weighted by molar-refractivity contribution is 0.424. The smallest absolute Gasteiger partial charge is 0.423 e. The van der Waals surface area contributed by atoms with E-state index < -0.39 is 14.2 Å². The van der Waals surface area contributed by atoms with Crippen LogP contribution in [0.1, 0.15) is 31.9 Å². The van der Waals surface area contributed by atoms with E-state index in [0.29, 0.717) is 10.9 Å². The van der Waals surface area contributed by atoms with Crippen molar-refractivity contribution < 1.29 is 20.1 Å². The maximum Gasteiger partial charge on any atom is 0.488 e. The highest BCUT2D eigenvalue weighted by Gasteiger charge is 2.20. The summed E-state index contributed by atoms with van der Waals surface area (Å²) in [6.45, 7) is 8.85. The third-order valence-electron chi connectivity index (χ3n) is 12.9. The first-order valence-corrected chi connectivity index (χ1v) is 22.7. The molecule has 0 saturated heterocycles. The molecule has 0 atom stereocenters. The van der Waals surface area contributed by atoms with Gasteiger partial charge in [-0.05, 0) is 135 Å². The number of para-hydroxylation sites is 2. The molecule has 2 heterocycles. The zero-order chi connectivity index (χ0) is 46.4. The van der Waals surface area contributed by atoms with Gasteiger partial charge in [-0.1, -0.05) is 160 Å². The number of hydrogen-bond acceptors (Lipinski definition) is 4. The fraction of sp³-hybridized carbons (Fsp3) is 0.0847. The number of benzene rings is 9. The number of rotatable bonds is 7. The Morgan fingerprint density at radius 2 is 0.701 bits per heavy atom. The normalized spacial score (nSPS) is 11.6. The Kier molecular flexibility index (Phi) is 11.5. The van der Waals surface area contributed by atoms with Crippen molar-refractivity contribution in [2.75, 3.05) is 0 Å². The van der Waals surface area contributed by atoms with Crippen molar-refractivity contribution >= 4 is 68.8 Å². The molecular formula is C59H50B2N2O4. The van der Waals surface area contributed by atoms with E-state index in [1.807, 2.05) is 36.4 Å². The molecule has 0 radical (unpaired) electrons. The van der Waals surface area contributed by atoms with Crippen LogP contribution in [-0.4, -0.2) is 43.5 Å². The van der Waals surface area contributed by atoms with E-state index >= 15 is 0 Å². The van der Waals surface area contributed by atoms with Crippen molar-refractivity contribution in [3.63, 3.8) is 0 Å². The third-order valence-corrected chi connectivity index (χ3v) is 12.9. The van der Waals surface area contributed by atoms with Crippen LogP contribution in [0.25, 0.3) is 88.4 Å². The molecule has 0 saturated carbocycles. The lowest BCUT2D eigenvalue weighted by Crippen LogP contribution is -2.29. The Hall–Kier alpha value is -7.45. The maximum absolute atomic E-state index is 9.45. The molecule has 326 valence electrons. The monoisotopic (exact) mass is 872 g/mol. The molecule has 4 N–H and O–H groups in total. The topological polar surface area (TPSA) is 90.8 Å². The summed E-state index contributed by atoms with van der Waals surface area (Å²) in [6, 6.07) is 70.9. The van der Waals surface area contributed by atoms with E-state index in [-0.39, 0.29) is 5.41 Å². The number of nitrogens with zero attached hydrogens (tertiary/aromatic N) is 2. The molecule has 0 aliphatic rings. The standard InChI is InChI=1S/C31H24BNO2.C28H26BNO2/c1-21-6-5-7-23(18-21)25-13-17-31-29(20-25)28-19-24(22-10-14-26(15-11-22)32(34)35)12-16-30(28)33(31)27-8-3-2-4-9-27;1-28(2,3)21-12-16-27-25(18-21)24-17-20(19-9-13-22(14-10-19)29(31)32)11-15-26(24)30(27)23-7-5-4-6-8-23/h2-20,34-35H,1H3;4-18,31-32H,1-3H3. The summed E-state index contributed by atoms with van der Waals surface area (Å²) in [6.07, 6.45) is 0. The van der Waals surface area contributed by atoms with Crippen LogP contribution in [0.4, 0.5) is 0 Å². The summed E-state index contributed by atoms with van der Waals surface area (Å²) in [7, 11) is -2.92. The second-order valence-electron chi connectivity index (χ2n) is 18.4. The van der Waals surface area contributed by atoms with E-state index in [0.717, 1.165) is 39.1 Å². The van der Waals surface area contributed by atoms with Crippen LogP contribution in [0.15, 0.2) is 206 Å². The number of aromatic nitrogens is 2. The molecule has 0 amide bonds. The van der Waals surface area contributed by atoms with Gasteiger partial charge < -0.3 is 29.2 Å². The maximum atomic E-state index is 9.45. The van der Waals surface area contributed by atoms with Crippen LogP contribution in [-0.2, 0) is 5.41 Å². The Bertz CT molecular complexity index is 3560.